The van der Waals surface area contributed by atoms with Crippen molar-refractivity contribution in [1.82, 2.24) is 14.5 Å². The van der Waals surface area contributed by atoms with Crippen LogP contribution in [0.1, 0.15) is 0 Å². The second-order valence-corrected chi connectivity index (χ2v) is 11.8. The van der Waals surface area contributed by atoms with Gasteiger partial charge in [-0.1, -0.05) is 140 Å². The average Bonchev–Trinajstić information content (AvgIpc) is 3.47. The highest BCUT2D eigenvalue weighted by atomic mass is 15.2. The van der Waals surface area contributed by atoms with Gasteiger partial charge in [0.05, 0.1) is 22.2 Å². The van der Waals surface area contributed by atoms with Gasteiger partial charge < -0.3 is 0 Å². The summed E-state index contributed by atoms with van der Waals surface area (Å²) in [5, 5.41) is 13.2. The Morgan fingerprint density at radius 3 is 1.80 bits per heavy atom. The predicted molar refractivity (Wildman–Crippen MR) is 189 cm³/mol. The summed E-state index contributed by atoms with van der Waals surface area (Å²) in [6.45, 7) is 0. The van der Waals surface area contributed by atoms with Crippen molar-refractivity contribution in [2.75, 3.05) is 0 Å². The molecule has 0 radical (unpaired) electrons. The maximum atomic E-state index is 5.47. The van der Waals surface area contributed by atoms with Crippen LogP contribution >= 0.6 is 0 Å². The molecule has 2 aromatic heterocycles. The lowest BCUT2D eigenvalue weighted by Crippen LogP contribution is -2.04. The SMILES string of the molecule is c1ccc2cc(-c3nc(-n4c5c6ccccc6ccc5c5c6ccccc6c6ccccc6c54)nc4ccccc34)ccc2c1. The summed E-state index contributed by atoms with van der Waals surface area (Å²) in [5.74, 6) is 0.675. The first-order valence-corrected chi connectivity index (χ1v) is 15.4. The van der Waals surface area contributed by atoms with E-state index < -0.39 is 0 Å². The molecule has 10 aromatic rings. The van der Waals surface area contributed by atoms with E-state index in [2.05, 4.69) is 156 Å². The lowest BCUT2D eigenvalue weighted by Gasteiger charge is -2.14. The molecule has 10 rings (SSSR count). The van der Waals surface area contributed by atoms with Crippen LogP contribution < -0.4 is 0 Å². The molecule has 8 aromatic carbocycles. The maximum absolute atomic E-state index is 5.47. The molecule has 3 heteroatoms. The largest absolute Gasteiger partial charge is 0.277 e. The molecule has 0 atom stereocenters. The summed E-state index contributed by atoms with van der Waals surface area (Å²) in [4.78, 5) is 10.8. The van der Waals surface area contributed by atoms with Crippen molar-refractivity contribution in [1.29, 1.82) is 0 Å². The second-order valence-electron chi connectivity index (χ2n) is 11.8. The molecule has 0 bridgehead atoms. The summed E-state index contributed by atoms with van der Waals surface area (Å²) in [6, 6.07) is 54.2. The average molecular weight is 572 g/mol. The first-order chi connectivity index (χ1) is 22.3. The number of para-hydroxylation sites is 1. The second kappa shape index (κ2) is 9.22. The van der Waals surface area contributed by atoms with Crippen molar-refractivity contribution in [3.05, 3.63) is 152 Å². The van der Waals surface area contributed by atoms with Gasteiger partial charge in [-0.05, 0) is 44.5 Å². The van der Waals surface area contributed by atoms with Gasteiger partial charge in [0.2, 0.25) is 5.95 Å². The molecular formula is C42H25N3. The molecular weight excluding hydrogens is 546 g/mol. The quantitative estimate of drug-likeness (QED) is 0.193. The first kappa shape index (κ1) is 24.4. The summed E-state index contributed by atoms with van der Waals surface area (Å²) >= 11 is 0. The minimum absolute atomic E-state index is 0.675. The van der Waals surface area contributed by atoms with Crippen LogP contribution in [-0.4, -0.2) is 14.5 Å². The van der Waals surface area contributed by atoms with Crippen molar-refractivity contribution in [3.63, 3.8) is 0 Å². The van der Waals surface area contributed by atoms with E-state index >= 15 is 0 Å². The van der Waals surface area contributed by atoms with Crippen molar-refractivity contribution in [2.24, 2.45) is 0 Å². The molecule has 0 spiro atoms. The van der Waals surface area contributed by atoms with Crippen LogP contribution in [0.2, 0.25) is 0 Å². The highest BCUT2D eigenvalue weighted by Crippen LogP contribution is 2.44. The highest BCUT2D eigenvalue weighted by molar-refractivity contribution is 6.34. The molecule has 0 aliphatic carbocycles. The molecule has 0 saturated heterocycles. The van der Waals surface area contributed by atoms with Gasteiger partial charge in [0, 0.05) is 32.5 Å². The number of rotatable bonds is 2. The molecule has 0 fully saturated rings. The number of hydrogen-bond acceptors (Lipinski definition) is 2. The Morgan fingerprint density at radius 2 is 0.978 bits per heavy atom. The summed E-state index contributed by atoms with van der Waals surface area (Å²) in [7, 11) is 0. The van der Waals surface area contributed by atoms with Gasteiger partial charge in [0.1, 0.15) is 0 Å². The molecule has 0 aliphatic heterocycles. The van der Waals surface area contributed by atoms with Crippen LogP contribution in [0.5, 0.6) is 0 Å². The predicted octanol–water partition coefficient (Wildman–Crippen LogP) is 11.0. The molecule has 45 heavy (non-hydrogen) atoms. The standard InChI is InChI=1S/C42H25N3/c1-2-13-28-25-29(22-21-26(28)11-1)39-35-19-9-10-20-37(35)43-42(44-39)45-40-30-14-4-3-12-27(30)23-24-36(40)38-33-17-7-5-15-31(33)32-16-6-8-18-34(32)41(38)45/h1-25H. The van der Waals surface area contributed by atoms with E-state index in [9.17, 15) is 0 Å². The van der Waals surface area contributed by atoms with Gasteiger partial charge in [-0.25, -0.2) is 9.97 Å². The molecule has 0 saturated carbocycles. The van der Waals surface area contributed by atoms with E-state index in [4.69, 9.17) is 9.97 Å². The Balaban J connectivity index is 1.44. The molecule has 0 N–H and O–H groups in total. The monoisotopic (exact) mass is 571 g/mol. The van der Waals surface area contributed by atoms with E-state index in [1.54, 1.807) is 0 Å². The first-order valence-electron chi connectivity index (χ1n) is 15.4. The number of nitrogens with zero attached hydrogens (tertiary/aromatic N) is 3. The Kier molecular flexibility index (Phi) is 5.00. The number of hydrogen-bond donors (Lipinski definition) is 0. The summed E-state index contributed by atoms with van der Waals surface area (Å²) in [6.07, 6.45) is 0. The third kappa shape index (κ3) is 3.46. The third-order valence-electron chi connectivity index (χ3n) is 9.34. The fourth-order valence-electron chi connectivity index (χ4n) is 7.36. The van der Waals surface area contributed by atoms with E-state index in [1.165, 1.54) is 53.9 Å². The van der Waals surface area contributed by atoms with Crippen LogP contribution in [-0.2, 0) is 0 Å². The van der Waals surface area contributed by atoms with Crippen LogP contribution in [0.3, 0.4) is 0 Å². The zero-order valence-corrected chi connectivity index (χ0v) is 24.3. The minimum Gasteiger partial charge on any atom is -0.277 e. The van der Waals surface area contributed by atoms with Crippen LogP contribution in [0.15, 0.2) is 152 Å². The van der Waals surface area contributed by atoms with Crippen molar-refractivity contribution in [2.45, 2.75) is 0 Å². The summed E-state index contributed by atoms with van der Waals surface area (Å²) in [5.41, 5.74) is 5.20. The van der Waals surface area contributed by atoms with E-state index in [1.807, 2.05) is 0 Å². The van der Waals surface area contributed by atoms with E-state index in [0.29, 0.717) is 5.95 Å². The normalized spacial score (nSPS) is 12.0. The molecule has 208 valence electrons. The lowest BCUT2D eigenvalue weighted by molar-refractivity contribution is 1.02. The molecule has 0 amide bonds. The zero-order valence-electron chi connectivity index (χ0n) is 24.3. The fraction of sp³-hybridized carbons (Fsp3) is 0. The van der Waals surface area contributed by atoms with Gasteiger partial charge in [0.25, 0.3) is 0 Å². The van der Waals surface area contributed by atoms with Crippen molar-refractivity contribution in [3.8, 4) is 17.2 Å². The highest BCUT2D eigenvalue weighted by Gasteiger charge is 2.23. The van der Waals surface area contributed by atoms with Gasteiger partial charge in [-0.3, -0.25) is 4.57 Å². The van der Waals surface area contributed by atoms with E-state index in [-0.39, 0.29) is 0 Å². The van der Waals surface area contributed by atoms with Crippen molar-refractivity contribution < 1.29 is 0 Å². The van der Waals surface area contributed by atoms with Crippen LogP contribution in [0.25, 0.3) is 93.0 Å². The fourth-order valence-corrected chi connectivity index (χ4v) is 7.36. The Morgan fingerprint density at radius 1 is 0.378 bits per heavy atom. The molecule has 0 aliphatic rings. The smallest absolute Gasteiger partial charge is 0.235 e. The Labute approximate surface area is 258 Å². The lowest BCUT2D eigenvalue weighted by atomic mass is 9.96. The topological polar surface area (TPSA) is 30.7 Å². The van der Waals surface area contributed by atoms with Crippen LogP contribution in [0, 0.1) is 0 Å². The third-order valence-corrected chi connectivity index (χ3v) is 9.34. The van der Waals surface area contributed by atoms with Crippen molar-refractivity contribution >= 4 is 75.8 Å². The van der Waals surface area contributed by atoms with E-state index in [0.717, 1.165) is 33.2 Å². The van der Waals surface area contributed by atoms with Crippen LogP contribution in [0.4, 0.5) is 0 Å². The van der Waals surface area contributed by atoms with Gasteiger partial charge >= 0.3 is 0 Å². The Bertz CT molecular complexity index is 2820. The Hall–Kier alpha value is -6.06. The molecule has 2 heterocycles. The summed E-state index contributed by atoms with van der Waals surface area (Å²) < 4.78 is 2.33. The molecule has 3 nitrogen and oxygen atoms in total. The molecule has 0 unspecified atom stereocenters. The maximum Gasteiger partial charge on any atom is 0.235 e. The van der Waals surface area contributed by atoms with Gasteiger partial charge in [-0.15, -0.1) is 0 Å². The van der Waals surface area contributed by atoms with Gasteiger partial charge in [0.15, 0.2) is 0 Å². The van der Waals surface area contributed by atoms with Gasteiger partial charge in [-0.2, -0.15) is 0 Å². The zero-order chi connectivity index (χ0) is 29.5. The number of aromatic nitrogens is 3. The number of fused-ring (bicyclic) bond motifs is 12. The minimum atomic E-state index is 0.675. The number of benzene rings is 8.